The van der Waals surface area contributed by atoms with Crippen molar-refractivity contribution in [1.29, 1.82) is 0 Å². The number of benzene rings is 3. The molecule has 33 heavy (non-hydrogen) atoms. The van der Waals surface area contributed by atoms with Crippen LogP contribution in [0, 0.1) is 0 Å². The zero-order chi connectivity index (χ0) is 22.9. The molecule has 7 heteroatoms. The standard InChI is InChI=1S/C26H27N3O4/c30-25(20-32-22-11-13-24(14-12-22)33-23-9-5-2-6-10-23)27-19-26(31)29-17-15-28(16-18-29)21-7-3-1-4-8-21/h1-14H,15-20H2,(H,27,30). The molecule has 1 aliphatic rings. The van der Waals surface area contributed by atoms with Gasteiger partial charge < -0.3 is 24.6 Å². The average Bonchev–Trinajstić information content (AvgIpc) is 2.88. The monoisotopic (exact) mass is 445 g/mol. The largest absolute Gasteiger partial charge is 0.484 e. The lowest BCUT2D eigenvalue weighted by Gasteiger charge is -2.36. The molecule has 0 bridgehead atoms. The van der Waals surface area contributed by atoms with E-state index in [1.165, 1.54) is 0 Å². The lowest BCUT2D eigenvalue weighted by atomic mass is 10.2. The van der Waals surface area contributed by atoms with Crippen molar-refractivity contribution in [2.75, 3.05) is 44.2 Å². The van der Waals surface area contributed by atoms with E-state index >= 15 is 0 Å². The Hall–Kier alpha value is -4.00. The minimum atomic E-state index is -0.337. The number of carbonyl (C=O) groups excluding carboxylic acids is 2. The minimum Gasteiger partial charge on any atom is -0.484 e. The van der Waals surface area contributed by atoms with Gasteiger partial charge in [0.05, 0.1) is 6.54 Å². The fourth-order valence-electron chi connectivity index (χ4n) is 3.57. The summed E-state index contributed by atoms with van der Waals surface area (Å²) < 4.78 is 11.2. The summed E-state index contributed by atoms with van der Waals surface area (Å²) in [5, 5.41) is 2.64. The molecule has 1 heterocycles. The third-order valence-corrected chi connectivity index (χ3v) is 5.36. The van der Waals surface area contributed by atoms with Crippen LogP contribution in [0.15, 0.2) is 84.9 Å². The van der Waals surface area contributed by atoms with Crippen LogP contribution in [-0.2, 0) is 9.59 Å². The first kappa shape index (κ1) is 22.2. The van der Waals surface area contributed by atoms with E-state index in [9.17, 15) is 9.59 Å². The number of piperazine rings is 1. The molecule has 2 amide bonds. The average molecular weight is 446 g/mol. The second kappa shape index (κ2) is 11.0. The summed E-state index contributed by atoms with van der Waals surface area (Å²) in [5.41, 5.74) is 1.16. The van der Waals surface area contributed by atoms with Gasteiger partial charge >= 0.3 is 0 Å². The SMILES string of the molecule is O=C(COc1ccc(Oc2ccccc2)cc1)NCC(=O)N1CCN(c2ccccc2)CC1. The van der Waals surface area contributed by atoms with Crippen LogP contribution in [0.1, 0.15) is 0 Å². The molecule has 0 aliphatic carbocycles. The summed E-state index contributed by atoms with van der Waals surface area (Å²) >= 11 is 0. The Labute approximate surface area is 193 Å². The lowest BCUT2D eigenvalue weighted by Crippen LogP contribution is -2.51. The third kappa shape index (κ3) is 6.49. The number of amides is 2. The van der Waals surface area contributed by atoms with Crippen LogP contribution in [0.3, 0.4) is 0 Å². The highest BCUT2D eigenvalue weighted by atomic mass is 16.5. The molecule has 0 spiro atoms. The van der Waals surface area contributed by atoms with E-state index in [-0.39, 0.29) is 25.0 Å². The maximum atomic E-state index is 12.4. The summed E-state index contributed by atoms with van der Waals surface area (Å²) in [6.07, 6.45) is 0. The molecule has 0 atom stereocenters. The molecule has 3 aromatic rings. The van der Waals surface area contributed by atoms with Crippen LogP contribution in [0.2, 0.25) is 0 Å². The van der Waals surface area contributed by atoms with Crippen LogP contribution >= 0.6 is 0 Å². The maximum Gasteiger partial charge on any atom is 0.258 e. The third-order valence-electron chi connectivity index (χ3n) is 5.36. The Morgan fingerprint density at radius 2 is 1.30 bits per heavy atom. The predicted octanol–water partition coefficient (Wildman–Crippen LogP) is 3.32. The van der Waals surface area contributed by atoms with E-state index in [2.05, 4.69) is 22.3 Å². The summed E-state index contributed by atoms with van der Waals surface area (Å²) in [7, 11) is 0. The minimum absolute atomic E-state index is 0.0304. The Bertz CT molecular complexity index is 1030. The van der Waals surface area contributed by atoms with Gasteiger partial charge in [0, 0.05) is 31.9 Å². The number of nitrogens with one attached hydrogen (secondary N) is 1. The quantitative estimate of drug-likeness (QED) is 0.576. The van der Waals surface area contributed by atoms with Gasteiger partial charge in [-0.15, -0.1) is 0 Å². The van der Waals surface area contributed by atoms with Crippen LogP contribution in [0.4, 0.5) is 5.69 Å². The second-order valence-corrected chi connectivity index (χ2v) is 7.66. The Morgan fingerprint density at radius 3 is 1.97 bits per heavy atom. The van der Waals surface area contributed by atoms with Crippen molar-refractivity contribution in [3.8, 4) is 17.2 Å². The number of anilines is 1. The Morgan fingerprint density at radius 1 is 0.727 bits per heavy atom. The topological polar surface area (TPSA) is 71.1 Å². The molecule has 7 nitrogen and oxygen atoms in total. The number of hydrogen-bond acceptors (Lipinski definition) is 5. The van der Waals surface area contributed by atoms with Crippen molar-refractivity contribution in [1.82, 2.24) is 10.2 Å². The van der Waals surface area contributed by atoms with Gasteiger partial charge in [-0.1, -0.05) is 36.4 Å². The summed E-state index contributed by atoms with van der Waals surface area (Å²) in [5.74, 6) is 1.55. The smallest absolute Gasteiger partial charge is 0.258 e. The molecular weight excluding hydrogens is 418 g/mol. The first-order valence-corrected chi connectivity index (χ1v) is 11.0. The molecular formula is C26H27N3O4. The van der Waals surface area contributed by atoms with Gasteiger partial charge in [0.15, 0.2) is 6.61 Å². The van der Waals surface area contributed by atoms with Gasteiger partial charge in [0.25, 0.3) is 5.91 Å². The highest BCUT2D eigenvalue weighted by Gasteiger charge is 2.21. The van der Waals surface area contributed by atoms with E-state index in [1.54, 1.807) is 29.2 Å². The summed E-state index contributed by atoms with van der Waals surface area (Å²) in [4.78, 5) is 28.6. The van der Waals surface area contributed by atoms with E-state index in [4.69, 9.17) is 9.47 Å². The van der Waals surface area contributed by atoms with E-state index < -0.39 is 0 Å². The predicted molar refractivity (Wildman–Crippen MR) is 127 cm³/mol. The molecule has 170 valence electrons. The molecule has 3 aromatic carbocycles. The summed E-state index contributed by atoms with van der Waals surface area (Å²) in [6, 6.07) is 26.7. The van der Waals surface area contributed by atoms with Gasteiger partial charge in [0.1, 0.15) is 17.2 Å². The lowest BCUT2D eigenvalue weighted by molar-refractivity contribution is -0.133. The van der Waals surface area contributed by atoms with Crippen LogP contribution < -0.4 is 19.7 Å². The Balaban J connectivity index is 1.15. The summed E-state index contributed by atoms with van der Waals surface area (Å²) in [6.45, 7) is 2.63. The molecule has 0 aromatic heterocycles. The second-order valence-electron chi connectivity index (χ2n) is 7.66. The van der Waals surface area contributed by atoms with Gasteiger partial charge in [-0.05, 0) is 48.5 Å². The highest BCUT2D eigenvalue weighted by Crippen LogP contribution is 2.23. The Kier molecular flexibility index (Phi) is 7.43. The van der Waals surface area contributed by atoms with Crippen molar-refractivity contribution >= 4 is 17.5 Å². The van der Waals surface area contributed by atoms with Crippen LogP contribution in [-0.4, -0.2) is 56.0 Å². The van der Waals surface area contributed by atoms with Crippen LogP contribution in [0.5, 0.6) is 17.2 Å². The van der Waals surface area contributed by atoms with Gasteiger partial charge in [-0.2, -0.15) is 0 Å². The molecule has 0 saturated carbocycles. The van der Waals surface area contributed by atoms with Gasteiger partial charge in [0.2, 0.25) is 5.91 Å². The zero-order valence-electron chi connectivity index (χ0n) is 18.4. The number of rotatable bonds is 8. The molecule has 1 saturated heterocycles. The number of ether oxygens (including phenoxy) is 2. The normalized spacial score (nSPS) is 13.3. The molecule has 0 radical (unpaired) electrons. The molecule has 1 N–H and O–H groups in total. The first-order chi connectivity index (χ1) is 16.2. The first-order valence-electron chi connectivity index (χ1n) is 11.0. The fraction of sp³-hybridized carbons (Fsp3) is 0.231. The van der Waals surface area contributed by atoms with Crippen molar-refractivity contribution in [3.63, 3.8) is 0 Å². The van der Waals surface area contributed by atoms with Crippen molar-refractivity contribution in [3.05, 3.63) is 84.9 Å². The van der Waals surface area contributed by atoms with Crippen LogP contribution in [0.25, 0.3) is 0 Å². The number of nitrogens with zero attached hydrogens (tertiary/aromatic N) is 2. The van der Waals surface area contributed by atoms with Crippen molar-refractivity contribution in [2.45, 2.75) is 0 Å². The maximum absolute atomic E-state index is 12.4. The zero-order valence-corrected chi connectivity index (χ0v) is 18.4. The van der Waals surface area contributed by atoms with Gasteiger partial charge in [-0.3, -0.25) is 9.59 Å². The molecule has 1 aliphatic heterocycles. The molecule has 1 fully saturated rings. The fourth-order valence-corrected chi connectivity index (χ4v) is 3.57. The highest BCUT2D eigenvalue weighted by molar-refractivity contribution is 5.85. The number of para-hydroxylation sites is 2. The van der Waals surface area contributed by atoms with E-state index in [0.29, 0.717) is 24.6 Å². The van der Waals surface area contributed by atoms with Crippen molar-refractivity contribution < 1.29 is 19.1 Å². The number of carbonyl (C=O) groups is 2. The number of hydrogen-bond donors (Lipinski definition) is 1. The van der Waals surface area contributed by atoms with Gasteiger partial charge in [-0.25, -0.2) is 0 Å². The molecule has 4 rings (SSSR count). The van der Waals surface area contributed by atoms with E-state index in [0.717, 1.165) is 24.5 Å². The van der Waals surface area contributed by atoms with E-state index in [1.807, 2.05) is 48.5 Å². The van der Waals surface area contributed by atoms with Crippen molar-refractivity contribution in [2.24, 2.45) is 0 Å². The molecule has 0 unspecified atom stereocenters.